The van der Waals surface area contributed by atoms with Crippen LogP contribution in [0.5, 0.6) is 0 Å². The molecule has 2 atom stereocenters. The van der Waals surface area contributed by atoms with Crippen molar-refractivity contribution in [3.63, 3.8) is 0 Å². The topological polar surface area (TPSA) is 49.5 Å². The third-order valence-corrected chi connectivity index (χ3v) is 3.92. The van der Waals surface area contributed by atoms with Gasteiger partial charge in [-0.05, 0) is 37.1 Å². The van der Waals surface area contributed by atoms with Gasteiger partial charge in [-0.2, -0.15) is 0 Å². The number of aliphatic hydroxyl groups is 1. The third kappa shape index (κ3) is 3.45. The normalized spacial score (nSPS) is 22.9. The van der Waals surface area contributed by atoms with Gasteiger partial charge in [0.1, 0.15) is 0 Å². The number of aliphatic hydroxyl groups excluding tert-OH is 1. The van der Waals surface area contributed by atoms with Crippen LogP contribution >= 0.6 is 11.6 Å². The van der Waals surface area contributed by atoms with E-state index in [1.54, 1.807) is 0 Å². The van der Waals surface area contributed by atoms with E-state index >= 15 is 0 Å². The number of nitrogens with zero attached hydrogens (tertiary/aromatic N) is 1. The molecule has 2 unspecified atom stereocenters. The lowest BCUT2D eigenvalue weighted by atomic mass is 9.95. The summed E-state index contributed by atoms with van der Waals surface area (Å²) in [7, 11) is 0. The van der Waals surface area contributed by atoms with Crippen LogP contribution in [0.4, 0.5) is 0 Å². The zero-order valence-electron chi connectivity index (χ0n) is 10.6. The van der Waals surface area contributed by atoms with E-state index in [9.17, 15) is 5.11 Å². The second-order valence-corrected chi connectivity index (χ2v) is 5.44. The summed E-state index contributed by atoms with van der Waals surface area (Å²) in [6.07, 6.45) is 3.49. The molecule has 0 radical (unpaired) electrons. The molecule has 0 amide bonds. The van der Waals surface area contributed by atoms with Crippen molar-refractivity contribution in [1.29, 1.82) is 0 Å². The molecule has 4 heteroatoms. The largest absolute Gasteiger partial charge is 0.395 e. The minimum Gasteiger partial charge on any atom is -0.395 e. The first kappa shape index (κ1) is 13.8. The predicted molar refractivity (Wildman–Crippen MR) is 74.6 cm³/mol. The average molecular weight is 269 g/mol. The van der Waals surface area contributed by atoms with Crippen LogP contribution in [0.25, 0.3) is 0 Å². The van der Waals surface area contributed by atoms with Crippen molar-refractivity contribution in [2.75, 3.05) is 13.2 Å². The number of likely N-dealkylation sites (tertiary alicyclic amines) is 1. The van der Waals surface area contributed by atoms with Gasteiger partial charge in [-0.15, -0.1) is 0 Å². The van der Waals surface area contributed by atoms with Gasteiger partial charge in [0.25, 0.3) is 0 Å². The minimum atomic E-state index is -0.141. The molecule has 1 aromatic carbocycles. The maximum absolute atomic E-state index is 9.24. The molecule has 1 aromatic rings. The number of halogens is 1. The standard InChI is InChI=1S/C14H21ClN2O/c15-12-6-4-11(5-7-12)9-17-8-2-1-3-14(17)13(16)10-18/h4-7,13-14,18H,1-3,8-10,16H2. The van der Waals surface area contributed by atoms with Crippen molar-refractivity contribution in [3.8, 4) is 0 Å². The van der Waals surface area contributed by atoms with Crippen molar-refractivity contribution in [3.05, 3.63) is 34.9 Å². The van der Waals surface area contributed by atoms with Crippen molar-refractivity contribution in [2.45, 2.75) is 37.9 Å². The van der Waals surface area contributed by atoms with E-state index in [0.717, 1.165) is 24.5 Å². The Bertz CT molecular complexity index is 369. The van der Waals surface area contributed by atoms with Gasteiger partial charge in [-0.25, -0.2) is 0 Å². The number of benzene rings is 1. The van der Waals surface area contributed by atoms with Crippen LogP contribution in [0.2, 0.25) is 5.02 Å². The van der Waals surface area contributed by atoms with Crippen LogP contribution in [0.3, 0.4) is 0 Å². The summed E-state index contributed by atoms with van der Waals surface area (Å²) in [5.74, 6) is 0. The Kier molecular flexibility index (Phi) is 5.01. The molecule has 1 saturated heterocycles. The van der Waals surface area contributed by atoms with Crippen LogP contribution in [0.15, 0.2) is 24.3 Å². The maximum atomic E-state index is 9.24. The van der Waals surface area contributed by atoms with Crippen LogP contribution in [-0.2, 0) is 6.54 Å². The lowest BCUT2D eigenvalue weighted by Crippen LogP contribution is -2.51. The van der Waals surface area contributed by atoms with Crippen molar-refractivity contribution < 1.29 is 5.11 Å². The molecule has 0 aliphatic carbocycles. The zero-order chi connectivity index (χ0) is 13.0. The molecule has 0 spiro atoms. The monoisotopic (exact) mass is 268 g/mol. The predicted octanol–water partition coefficient (Wildman–Crippen LogP) is 2.01. The lowest BCUT2D eigenvalue weighted by Gasteiger charge is -2.38. The second kappa shape index (κ2) is 6.53. The fraction of sp³-hybridized carbons (Fsp3) is 0.571. The quantitative estimate of drug-likeness (QED) is 0.878. The molecular weight excluding hydrogens is 248 g/mol. The van der Waals surface area contributed by atoms with Gasteiger partial charge in [-0.3, -0.25) is 4.90 Å². The third-order valence-electron chi connectivity index (χ3n) is 3.67. The van der Waals surface area contributed by atoms with Gasteiger partial charge in [0.05, 0.1) is 6.61 Å². The van der Waals surface area contributed by atoms with E-state index in [0.29, 0.717) is 6.04 Å². The van der Waals surface area contributed by atoms with E-state index < -0.39 is 0 Å². The van der Waals surface area contributed by atoms with Gasteiger partial charge in [-0.1, -0.05) is 30.2 Å². The molecule has 1 fully saturated rings. The molecule has 1 heterocycles. The van der Waals surface area contributed by atoms with Gasteiger partial charge < -0.3 is 10.8 Å². The van der Waals surface area contributed by atoms with Crippen molar-refractivity contribution in [1.82, 2.24) is 4.90 Å². The summed E-state index contributed by atoms with van der Waals surface area (Å²) in [6.45, 7) is 2.00. The molecule has 1 aliphatic heterocycles. The highest BCUT2D eigenvalue weighted by Crippen LogP contribution is 2.22. The number of piperidine rings is 1. The van der Waals surface area contributed by atoms with Crippen molar-refractivity contribution >= 4 is 11.6 Å². The first-order valence-electron chi connectivity index (χ1n) is 6.55. The van der Waals surface area contributed by atoms with Crippen LogP contribution < -0.4 is 5.73 Å². The first-order valence-corrected chi connectivity index (χ1v) is 6.93. The average Bonchev–Trinajstić information content (AvgIpc) is 2.41. The molecule has 0 aromatic heterocycles. The summed E-state index contributed by atoms with van der Waals surface area (Å²) in [6, 6.07) is 8.10. The highest BCUT2D eigenvalue weighted by atomic mass is 35.5. The van der Waals surface area contributed by atoms with E-state index in [4.69, 9.17) is 17.3 Å². The van der Waals surface area contributed by atoms with Gasteiger partial charge >= 0.3 is 0 Å². The number of nitrogens with two attached hydrogens (primary N) is 1. The van der Waals surface area contributed by atoms with Gasteiger partial charge in [0.2, 0.25) is 0 Å². The Morgan fingerprint density at radius 3 is 2.72 bits per heavy atom. The van der Waals surface area contributed by atoms with E-state index in [1.807, 2.05) is 12.1 Å². The lowest BCUT2D eigenvalue weighted by molar-refractivity contribution is 0.0944. The first-order chi connectivity index (χ1) is 8.70. The summed E-state index contributed by atoms with van der Waals surface area (Å²) < 4.78 is 0. The Hall–Kier alpha value is -0.610. The summed E-state index contributed by atoms with van der Waals surface area (Å²) >= 11 is 5.89. The molecule has 3 N–H and O–H groups in total. The van der Waals surface area contributed by atoms with Gasteiger partial charge in [0, 0.05) is 23.7 Å². The SMILES string of the molecule is NC(CO)C1CCCCN1Cc1ccc(Cl)cc1. The molecular formula is C14H21ClN2O. The van der Waals surface area contributed by atoms with Crippen LogP contribution in [0.1, 0.15) is 24.8 Å². The molecule has 18 heavy (non-hydrogen) atoms. The van der Waals surface area contributed by atoms with Gasteiger partial charge in [0.15, 0.2) is 0 Å². The Balaban J connectivity index is 2.03. The smallest absolute Gasteiger partial charge is 0.0597 e. The van der Waals surface area contributed by atoms with E-state index in [1.165, 1.54) is 18.4 Å². The summed E-state index contributed by atoms with van der Waals surface area (Å²) in [5, 5.41) is 10.0. The zero-order valence-corrected chi connectivity index (χ0v) is 11.3. The highest BCUT2D eigenvalue weighted by molar-refractivity contribution is 6.30. The number of hydrogen-bond acceptors (Lipinski definition) is 3. The molecule has 0 saturated carbocycles. The number of hydrogen-bond donors (Lipinski definition) is 2. The summed E-state index contributed by atoms with van der Waals surface area (Å²) in [5.41, 5.74) is 7.25. The fourth-order valence-electron chi connectivity index (χ4n) is 2.64. The van der Waals surface area contributed by atoms with E-state index in [2.05, 4.69) is 17.0 Å². The Morgan fingerprint density at radius 1 is 1.33 bits per heavy atom. The van der Waals surface area contributed by atoms with Crippen molar-refractivity contribution in [2.24, 2.45) is 5.73 Å². The Labute approximate surface area is 114 Å². The van der Waals surface area contributed by atoms with E-state index in [-0.39, 0.29) is 12.6 Å². The highest BCUT2D eigenvalue weighted by Gasteiger charge is 2.27. The van der Waals surface area contributed by atoms with Crippen LogP contribution in [-0.4, -0.2) is 35.2 Å². The Morgan fingerprint density at radius 2 is 2.06 bits per heavy atom. The molecule has 1 aliphatic rings. The fourth-order valence-corrected chi connectivity index (χ4v) is 2.77. The molecule has 2 rings (SSSR count). The molecule has 3 nitrogen and oxygen atoms in total. The molecule has 100 valence electrons. The van der Waals surface area contributed by atoms with Crippen LogP contribution in [0, 0.1) is 0 Å². The summed E-state index contributed by atoms with van der Waals surface area (Å²) in [4.78, 5) is 2.38. The molecule has 0 bridgehead atoms. The second-order valence-electron chi connectivity index (χ2n) is 5.01. The maximum Gasteiger partial charge on any atom is 0.0597 e. The number of rotatable bonds is 4. The minimum absolute atomic E-state index is 0.0573.